The Labute approximate surface area is 99.6 Å². The zero-order chi connectivity index (χ0) is 12.1. The first-order chi connectivity index (χ1) is 7.60. The largest absolute Gasteiger partial charge is 0.326 e. The molecule has 0 radical (unpaired) electrons. The van der Waals surface area contributed by atoms with E-state index in [1.165, 1.54) is 0 Å². The average Bonchev–Trinajstić information content (AvgIpc) is 2.53. The van der Waals surface area contributed by atoms with Crippen LogP contribution in [0, 0.1) is 5.92 Å². The third-order valence-corrected chi connectivity index (χ3v) is 3.54. The molecule has 0 spiro atoms. The second kappa shape index (κ2) is 6.24. The molecule has 0 aliphatic carbocycles. The summed E-state index contributed by atoms with van der Waals surface area (Å²) in [5, 5.41) is 3.39. The monoisotopic (exact) mass is 226 g/mol. The highest BCUT2D eigenvalue weighted by atomic mass is 16.2. The van der Waals surface area contributed by atoms with E-state index in [0.717, 1.165) is 32.2 Å². The third kappa shape index (κ3) is 3.21. The predicted octanol–water partition coefficient (Wildman–Crippen LogP) is 2.37. The SMILES string of the molecule is CCCCC1NC(C)N(CC(C)CC)C1=O. The highest BCUT2D eigenvalue weighted by Gasteiger charge is 2.35. The van der Waals surface area contributed by atoms with Crippen LogP contribution in [0.2, 0.25) is 0 Å². The lowest BCUT2D eigenvalue weighted by molar-refractivity contribution is -0.130. The van der Waals surface area contributed by atoms with E-state index in [2.05, 4.69) is 33.0 Å². The predicted molar refractivity (Wildman–Crippen MR) is 67.1 cm³/mol. The maximum Gasteiger partial charge on any atom is 0.241 e. The number of nitrogens with one attached hydrogen (secondary N) is 1. The number of carbonyl (C=O) groups excluding carboxylic acids is 1. The molecule has 1 heterocycles. The molecule has 1 N–H and O–H groups in total. The summed E-state index contributed by atoms with van der Waals surface area (Å²) in [6, 6.07) is 0.0685. The Morgan fingerprint density at radius 3 is 2.69 bits per heavy atom. The normalized spacial score (nSPS) is 27.5. The molecule has 1 aliphatic rings. The summed E-state index contributed by atoms with van der Waals surface area (Å²) in [6.07, 6.45) is 4.62. The molecule has 3 heteroatoms. The molecule has 94 valence electrons. The molecule has 1 amide bonds. The zero-order valence-corrected chi connectivity index (χ0v) is 11.1. The van der Waals surface area contributed by atoms with E-state index in [1.54, 1.807) is 0 Å². The van der Waals surface area contributed by atoms with Crippen LogP contribution in [0.5, 0.6) is 0 Å². The highest BCUT2D eigenvalue weighted by molar-refractivity contribution is 5.84. The minimum absolute atomic E-state index is 0.0685. The number of carbonyl (C=O) groups is 1. The van der Waals surface area contributed by atoms with Gasteiger partial charge in [0, 0.05) is 6.54 Å². The summed E-state index contributed by atoms with van der Waals surface area (Å²) in [4.78, 5) is 14.1. The molecule has 0 aromatic rings. The molecule has 1 fully saturated rings. The molecular formula is C13H26N2O. The number of hydrogen-bond acceptors (Lipinski definition) is 2. The van der Waals surface area contributed by atoms with Gasteiger partial charge in [-0.2, -0.15) is 0 Å². The molecule has 3 unspecified atom stereocenters. The third-order valence-electron chi connectivity index (χ3n) is 3.54. The van der Waals surface area contributed by atoms with Crippen molar-refractivity contribution in [3.8, 4) is 0 Å². The van der Waals surface area contributed by atoms with Crippen LogP contribution >= 0.6 is 0 Å². The fourth-order valence-electron chi connectivity index (χ4n) is 2.17. The summed E-state index contributed by atoms with van der Waals surface area (Å²) in [6.45, 7) is 9.54. The number of rotatable bonds is 6. The number of hydrogen-bond donors (Lipinski definition) is 1. The van der Waals surface area contributed by atoms with Crippen LogP contribution in [0.15, 0.2) is 0 Å². The van der Waals surface area contributed by atoms with E-state index in [9.17, 15) is 4.79 Å². The quantitative estimate of drug-likeness (QED) is 0.754. The molecule has 3 atom stereocenters. The van der Waals surface area contributed by atoms with Crippen molar-refractivity contribution >= 4 is 5.91 Å². The van der Waals surface area contributed by atoms with Crippen molar-refractivity contribution in [2.24, 2.45) is 5.92 Å². The van der Waals surface area contributed by atoms with Gasteiger partial charge < -0.3 is 4.90 Å². The molecule has 1 aliphatic heterocycles. The summed E-state index contributed by atoms with van der Waals surface area (Å²) >= 11 is 0. The Hall–Kier alpha value is -0.570. The van der Waals surface area contributed by atoms with Crippen molar-refractivity contribution < 1.29 is 4.79 Å². The van der Waals surface area contributed by atoms with E-state index in [0.29, 0.717) is 11.8 Å². The molecule has 1 rings (SSSR count). The molecular weight excluding hydrogens is 200 g/mol. The highest BCUT2D eigenvalue weighted by Crippen LogP contribution is 2.17. The summed E-state index contributed by atoms with van der Waals surface area (Å²) < 4.78 is 0. The van der Waals surface area contributed by atoms with E-state index in [1.807, 2.05) is 4.90 Å². The van der Waals surface area contributed by atoms with Crippen LogP contribution < -0.4 is 5.32 Å². The Balaban J connectivity index is 2.50. The van der Waals surface area contributed by atoms with Gasteiger partial charge in [-0.25, -0.2) is 0 Å². The van der Waals surface area contributed by atoms with Crippen molar-refractivity contribution in [3.63, 3.8) is 0 Å². The first-order valence-electron chi connectivity index (χ1n) is 6.66. The maximum atomic E-state index is 12.1. The smallest absolute Gasteiger partial charge is 0.241 e. The lowest BCUT2D eigenvalue weighted by Gasteiger charge is -2.24. The van der Waals surface area contributed by atoms with Crippen LogP contribution in [-0.2, 0) is 4.79 Å². The minimum Gasteiger partial charge on any atom is -0.326 e. The maximum absolute atomic E-state index is 12.1. The van der Waals surface area contributed by atoms with Crippen LogP contribution in [0.25, 0.3) is 0 Å². The van der Waals surface area contributed by atoms with E-state index < -0.39 is 0 Å². The van der Waals surface area contributed by atoms with E-state index in [4.69, 9.17) is 0 Å². The van der Waals surface area contributed by atoms with Crippen molar-refractivity contribution in [1.29, 1.82) is 0 Å². The summed E-state index contributed by atoms with van der Waals surface area (Å²) in [5.41, 5.74) is 0. The van der Waals surface area contributed by atoms with E-state index in [-0.39, 0.29) is 12.2 Å². The Bertz CT molecular complexity index is 230. The lowest BCUT2D eigenvalue weighted by Crippen LogP contribution is -2.37. The zero-order valence-electron chi connectivity index (χ0n) is 11.1. The van der Waals surface area contributed by atoms with Crippen molar-refractivity contribution in [3.05, 3.63) is 0 Å². The van der Waals surface area contributed by atoms with Crippen molar-refractivity contribution in [2.45, 2.75) is 65.6 Å². The lowest BCUT2D eigenvalue weighted by atomic mass is 10.1. The van der Waals surface area contributed by atoms with Crippen molar-refractivity contribution in [2.75, 3.05) is 6.54 Å². The molecule has 0 saturated carbocycles. The van der Waals surface area contributed by atoms with Gasteiger partial charge in [0.2, 0.25) is 5.91 Å². The van der Waals surface area contributed by atoms with Crippen LogP contribution in [0.4, 0.5) is 0 Å². The number of nitrogens with zero attached hydrogens (tertiary/aromatic N) is 1. The molecule has 3 nitrogen and oxygen atoms in total. The average molecular weight is 226 g/mol. The first-order valence-corrected chi connectivity index (χ1v) is 6.66. The molecule has 16 heavy (non-hydrogen) atoms. The van der Waals surface area contributed by atoms with Gasteiger partial charge in [-0.3, -0.25) is 10.1 Å². The Kier molecular flexibility index (Phi) is 5.26. The van der Waals surface area contributed by atoms with Gasteiger partial charge in [0.05, 0.1) is 12.2 Å². The standard InChI is InChI=1S/C13H26N2O/c1-5-7-8-12-13(16)15(11(4)14-12)9-10(3)6-2/h10-12,14H,5-9H2,1-4H3. The van der Waals surface area contributed by atoms with Gasteiger partial charge in [-0.15, -0.1) is 0 Å². The van der Waals surface area contributed by atoms with E-state index >= 15 is 0 Å². The number of unbranched alkanes of at least 4 members (excludes halogenated alkanes) is 1. The summed E-state index contributed by atoms with van der Waals surface area (Å²) in [7, 11) is 0. The van der Waals surface area contributed by atoms with Gasteiger partial charge in [0.25, 0.3) is 0 Å². The van der Waals surface area contributed by atoms with Crippen LogP contribution in [0.1, 0.15) is 53.4 Å². The van der Waals surface area contributed by atoms with Gasteiger partial charge in [-0.1, -0.05) is 40.0 Å². The molecule has 1 saturated heterocycles. The molecule has 0 aromatic carbocycles. The first kappa shape index (κ1) is 13.5. The van der Waals surface area contributed by atoms with Crippen molar-refractivity contribution in [1.82, 2.24) is 10.2 Å². The topological polar surface area (TPSA) is 32.3 Å². The van der Waals surface area contributed by atoms with Gasteiger partial charge in [0.1, 0.15) is 0 Å². The van der Waals surface area contributed by atoms with Crippen LogP contribution in [-0.4, -0.2) is 29.6 Å². The summed E-state index contributed by atoms with van der Waals surface area (Å²) in [5.74, 6) is 0.902. The van der Waals surface area contributed by atoms with Gasteiger partial charge >= 0.3 is 0 Å². The second-order valence-corrected chi connectivity index (χ2v) is 5.04. The molecule has 0 aromatic heterocycles. The Morgan fingerprint density at radius 2 is 2.12 bits per heavy atom. The van der Waals surface area contributed by atoms with Crippen LogP contribution in [0.3, 0.4) is 0 Å². The fourth-order valence-corrected chi connectivity index (χ4v) is 2.17. The Morgan fingerprint density at radius 1 is 1.44 bits per heavy atom. The molecule has 0 bridgehead atoms. The second-order valence-electron chi connectivity index (χ2n) is 5.04. The number of amides is 1. The minimum atomic E-state index is 0.0685. The van der Waals surface area contributed by atoms with Gasteiger partial charge in [-0.05, 0) is 19.3 Å². The fraction of sp³-hybridized carbons (Fsp3) is 0.923. The van der Waals surface area contributed by atoms with Gasteiger partial charge in [0.15, 0.2) is 0 Å².